The number of nitrogens with zero attached hydrogens (tertiary/aromatic N) is 1. The van der Waals surface area contributed by atoms with Crippen molar-refractivity contribution in [1.29, 1.82) is 0 Å². The minimum atomic E-state index is 0.660. The summed E-state index contributed by atoms with van der Waals surface area (Å²) < 4.78 is 0. The molecule has 0 atom stereocenters. The van der Waals surface area contributed by atoms with Crippen molar-refractivity contribution in [3.63, 3.8) is 0 Å². The molecule has 1 N–H and O–H groups in total. The number of hydrogen-bond acceptors (Lipinski definition) is 2. The van der Waals surface area contributed by atoms with E-state index in [2.05, 4.69) is 10.5 Å². The lowest BCUT2D eigenvalue weighted by Crippen LogP contribution is -1.90. The molecular weight excluding hydrogens is 220 g/mol. The second-order valence-corrected chi connectivity index (χ2v) is 3.67. The van der Waals surface area contributed by atoms with Crippen molar-refractivity contribution in [3.8, 4) is 0 Å². The molecule has 3 heteroatoms. The van der Waals surface area contributed by atoms with E-state index >= 15 is 0 Å². The minimum Gasteiger partial charge on any atom is -0.277 e. The van der Waals surface area contributed by atoms with Gasteiger partial charge < -0.3 is 0 Å². The lowest BCUT2D eigenvalue weighted by molar-refractivity contribution is 1.35. The molecule has 2 aromatic rings. The third-order valence-corrected chi connectivity index (χ3v) is 2.40. The Morgan fingerprint density at radius 2 is 1.62 bits per heavy atom. The van der Waals surface area contributed by atoms with Crippen molar-refractivity contribution < 1.29 is 0 Å². The van der Waals surface area contributed by atoms with Gasteiger partial charge in [-0.15, -0.1) is 0 Å². The monoisotopic (exact) mass is 230 g/mol. The Kier molecular flexibility index (Phi) is 3.57. The predicted octanol–water partition coefficient (Wildman–Crippen LogP) is 3.79. The van der Waals surface area contributed by atoms with Crippen LogP contribution in [0.4, 0.5) is 5.69 Å². The van der Waals surface area contributed by atoms with Gasteiger partial charge in [0.2, 0.25) is 0 Å². The number of rotatable bonds is 3. The number of hydrazone groups is 1. The zero-order chi connectivity index (χ0) is 11.2. The van der Waals surface area contributed by atoms with Crippen molar-refractivity contribution in [2.45, 2.75) is 0 Å². The number of halogens is 1. The van der Waals surface area contributed by atoms with Gasteiger partial charge in [-0.2, -0.15) is 5.10 Å². The Morgan fingerprint density at radius 3 is 2.38 bits per heavy atom. The Balaban J connectivity index is 2.03. The van der Waals surface area contributed by atoms with E-state index in [9.17, 15) is 0 Å². The van der Waals surface area contributed by atoms with Gasteiger partial charge in [0.05, 0.1) is 16.9 Å². The van der Waals surface area contributed by atoms with Crippen LogP contribution < -0.4 is 5.43 Å². The molecular formula is C13H11ClN2. The Labute approximate surface area is 99.6 Å². The Bertz CT molecular complexity index is 480. The summed E-state index contributed by atoms with van der Waals surface area (Å²) in [4.78, 5) is 0. The van der Waals surface area contributed by atoms with Crippen LogP contribution in [0.3, 0.4) is 0 Å². The maximum absolute atomic E-state index is 5.97. The van der Waals surface area contributed by atoms with E-state index in [1.165, 1.54) is 0 Å². The molecule has 0 bridgehead atoms. The summed E-state index contributed by atoms with van der Waals surface area (Å²) in [6.45, 7) is 0. The zero-order valence-electron chi connectivity index (χ0n) is 8.60. The van der Waals surface area contributed by atoms with Gasteiger partial charge >= 0.3 is 0 Å². The molecule has 0 heterocycles. The van der Waals surface area contributed by atoms with Crippen LogP contribution in [-0.2, 0) is 0 Å². The molecule has 0 fully saturated rings. The van der Waals surface area contributed by atoms with E-state index in [-0.39, 0.29) is 0 Å². The van der Waals surface area contributed by atoms with Crippen LogP contribution >= 0.6 is 11.6 Å². The average Bonchev–Trinajstić information content (AvgIpc) is 2.33. The van der Waals surface area contributed by atoms with Gasteiger partial charge in [0.1, 0.15) is 0 Å². The fraction of sp³-hybridized carbons (Fsp3) is 0. The third-order valence-electron chi connectivity index (χ3n) is 2.07. The van der Waals surface area contributed by atoms with E-state index in [0.29, 0.717) is 5.02 Å². The van der Waals surface area contributed by atoms with Crippen molar-refractivity contribution in [2.24, 2.45) is 5.10 Å². The highest BCUT2D eigenvalue weighted by Gasteiger charge is 1.94. The number of anilines is 1. The summed E-state index contributed by atoms with van der Waals surface area (Å²) in [6.07, 6.45) is 1.75. The summed E-state index contributed by atoms with van der Waals surface area (Å²) >= 11 is 5.97. The number of hydrogen-bond donors (Lipinski definition) is 1. The lowest BCUT2D eigenvalue weighted by Gasteiger charge is -2.01. The fourth-order valence-corrected chi connectivity index (χ4v) is 1.45. The van der Waals surface area contributed by atoms with Crippen LogP contribution in [0.5, 0.6) is 0 Å². The summed E-state index contributed by atoms with van der Waals surface area (Å²) in [5.41, 5.74) is 4.74. The molecule has 0 aliphatic heterocycles. The quantitative estimate of drug-likeness (QED) is 0.630. The molecule has 2 nitrogen and oxygen atoms in total. The van der Waals surface area contributed by atoms with Gasteiger partial charge in [-0.25, -0.2) is 0 Å². The molecule has 2 rings (SSSR count). The van der Waals surface area contributed by atoms with Crippen molar-refractivity contribution in [2.75, 3.05) is 5.43 Å². The molecule has 0 saturated heterocycles. The van der Waals surface area contributed by atoms with E-state index in [4.69, 9.17) is 11.6 Å². The minimum absolute atomic E-state index is 0.660. The second kappa shape index (κ2) is 5.33. The lowest BCUT2D eigenvalue weighted by atomic mass is 10.2. The van der Waals surface area contributed by atoms with Gasteiger partial charge in [0.15, 0.2) is 0 Å². The molecule has 0 spiro atoms. The highest BCUT2D eigenvalue weighted by Crippen LogP contribution is 2.19. The van der Waals surface area contributed by atoms with Crippen LogP contribution in [0.2, 0.25) is 5.02 Å². The highest BCUT2D eigenvalue weighted by atomic mass is 35.5. The maximum Gasteiger partial charge on any atom is 0.0748 e. The van der Waals surface area contributed by atoms with Crippen LogP contribution in [0.25, 0.3) is 0 Å². The van der Waals surface area contributed by atoms with Crippen molar-refractivity contribution >= 4 is 23.5 Å². The molecule has 0 radical (unpaired) electrons. The average molecular weight is 231 g/mol. The second-order valence-electron chi connectivity index (χ2n) is 3.26. The topological polar surface area (TPSA) is 24.4 Å². The fourth-order valence-electron chi connectivity index (χ4n) is 1.27. The number of benzene rings is 2. The highest BCUT2D eigenvalue weighted by molar-refractivity contribution is 6.33. The van der Waals surface area contributed by atoms with Crippen LogP contribution in [0, 0.1) is 0 Å². The SMILES string of the molecule is Clc1ccccc1NN=Cc1ccccc1. The smallest absolute Gasteiger partial charge is 0.0748 e. The van der Waals surface area contributed by atoms with E-state index in [1.807, 2.05) is 54.6 Å². The van der Waals surface area contributed by atoms with Crippen molar-refractivity contribution in [3.05, 3.63) is 65.2 Å². The number of para-hydroxylation sites is 1. The van der Waals surface area contributed by atoms with Gasteiger partial charge in [0.25, 0.3) is 0 Å². The first-order valence-electron chi connectivity index (χ1n) is 4.95. The van der Waals surface area contributed by atoms with E-state index in [0.717, 1.165) is 11.3 Å². The molecule has 0 unspecified atom stereocenters. The molecule has 0 aliphatic rings. The van der Waals surface area contributed by atoms with Crippen molar-refractivity contribution in [1.82, 2.24) is 0 Å². The normalized spacial score (nSPS) is 10.6. The van der Waals surface area contributed by atoms with Crippen LogP contribution in [0.15, 0.2) is 59.7 Å². The summed E-state index contributed by atoms with van der Waals surface area (Å²) in [5, 5.41) is 4.77. The first kappa shape index (κ1) is 10.7. The molecule has 0 amide bonds. The first-order chi connectivity index (χ1) is 7.86. The van der Waals surface area contributed by atoms with Gasteiger partial charge in [0, 0.05) is 0 Å². The van der Waals surface area contributed by atoms with E-state index < -0.39 is 0 Å². The maximum atomic E-state index is 5.97. The Morgan fingerprint density at radius 1 is 0.938 bits per heavy atom. The molecule has 80 valence electrons. The molecule has 0 aromatic heterocycles. The van der Waals surface area contributed by atoms with E-state index in [1.54, 1.807) is 6.21 Å². The van der Waals surface area contributed by atoms with Gasteiger partial charge in [-0.3, -0.25) is 5.43 Å². The summed E-state index contributed by atoms with van der Waals surface area (Å²) in [6, 6.07) is 17.4. The number of nitrogens with one attached hydrogen (secondary N) is 1. The van der Waals surface area contributed by atoms with Gasteiger partial charge in [-0.1, -0.05) is 54.1 Å². The largest absolute Gasteiger partial charge is 0.277 e. The van der Waals surface area contributed by atoms with Gasteiger partial charge in [-0.05, 0) is 17.7 Å². The summed E-state index contributed by atoms with van der Waals surface area (Å²) in [5.74, 6) is 0. The van der Waals surface area contributed by atoms with Crippen LogP contribution in [-0.4, -0.2) is 6.21 Å². The summed E-state index contributed by atoms with van der Waals surface area (Å²) in [7, 11) is 0. The third kappa shape index (κ3) is 2.84. The van der Waals surface area contributed by atoms with Crippen LogP contribution in [0.1, 0.15) is 5.56 Å². The molecule has 16 heavy (non-hydrogen) atoms. The molecule has 0 saturated carbocycles. The molecule has 0 aliphatic carbocycles. The molecule has 2 aromatic carbocycles. The standard InChI is InChI=1S/C13H11ClN2/c14-12-8-4-5-9-13(12)16-15-10-11-6-2-1-3-7-11/h1-10,16H. The zero-order valence-corrected chi connectivity index (χ0v) is 9.35. The Hall–Kier alpha value is -1.80. The first-order valence-corrected chi connectivity index (χ1v) is 5.33. The predicted molar refractivity (Wildman–Crippen MR) is 69.1 cm³/mol.